The van der Waals surface area contributed by atoms with Crippen LogP contribution in [0.1, 0.15) is 25.3 Å². The van der Waals surface area contributed by atoms with Crippen LogP contribution < -0.4 is 4.74 Å². The van der Waals surface area contributed by atoms with Gasteiger partial charge >= 0.3 is 0 Å². The van der Waals surface area contributed by atoms with Crippen LogP contribution in [0.15, 0.2) is 24.3 Å². The lowest BCUT2D eigenvalue weighted by Gasteiger charge is -2.13. The van der Waals surface area contributed by atoms with Crippen molar-refractivity contribution in [2.24, 2.45) is 0 Å². The molecule has 2 unspecified atom stereocenters. The molecule has 0 amide bonds. The first-order chi connectivity index (χ1) is 7.06. The van der Waals surface area contributed by atoms with Crippen molar-refractivity contribution in [1.29, 1.82) is 0 Å². The van der Waals surface area contributed by atoms with E-state index in [4.69, 9.17) is 4.74 Å². The quantitative estimate of drug-likeness (QED) is 0.565. The zero-order chi connectivity index (χ0) is 11.4. The molecule has 1 aromatic carbocycles. The topological polar surface area (TPSA) is 52.4 Å². The van der Waals surface area contributed by atoms with Crippen LogP contribution in [-0.4, -0.2) is 18.1 Å². The number of benzene rings is 1. The van der Waals surface area contributed by atoms with E-state index in [9.17, 15) is 10.1 Å². The van der Waals surface area contributed by atoms with Crippen molar-refractivity contribution >= 4 is 0 Å². The summed E-state index contributed by atoms with van der Waals surface area (Å²) in [4.78, 5) is 10.4. The molecule has 0 N–H and O–H groups in total. The van der Waals surface area contributed by atoms with Crippen molar-refractivity contribution in [1.82, 2.24) is 0 Å². The van der Waals surface area contributed by atoms with E-state index in [0.29, 0.717) is 0 Å². The van der Waals surface area contributed by atoms with Gasteiger partial charge in [0.2, 0.25) is 6.04 Å². The second-order valence-corrected chi connectivity index (χ2v) is 3.59. The highest BCUT2D eigenvalue weighted by Gasteiger charge is 2.23. The van der Waals surface area contributed by atoms with Crippen LogP contribution in [0.3, 0.4) is 0 Å². The molecule has 4 nitrogen and oxygen atoms in total. The molecule has 1 rings (SSSR count). The fourth-order valence-corrected chi connectivity index (χ4v) is 1.37. The zero-order valence-corrected chi connectivity index (χ0v) is 9.14. The van der Waals surface area contributed by atoms with Crippen molar-refractivity contribution in [2.45, 2.75) is 25.8 Å². The number of hydrogen-bond donors (Lipinski definition) is 0. The molecule has 0 saturated heterocycles. The Morgan fingerprint density at radius 2 is 1.80 bits per heavy atom. The third-order valence-corrected chi connectivity index (χ3v) is 2.70. The van der Waals surface area contributed by atoms with Gasteiger partial charge in [-0.05, 0) is 17.7 Å². The summed E-state index contributed by atoms with van der Waals surface area (Å²) in [7, 11) is 1.60. The highest BCUT2D eigenvalue weighted by Crippen LogP contribution is 2.23. The van der Waals surface area contributed by atoms with Crippen molar-refractivity contribution < 1.29 is 9.66 Å². The summed E-state index contributed by atoms with van der Waals surface area (Å²) in [6.07, 6.45) is 0. The van der Waals surface area contributed by atoms with Crippen LogP contribution in [0, 0.1) is 10.1 Å². The van der Waals surface area contributed by atoms with Crippen LogP contribution in [-0.2, 0) is 0 Å². The smallest absolute Gasteiger partial charge is 0.216 e. The van der Waals surface area contributed by atoms with Gasteiger partial charge in [0, 0.05) is 17.8 Å². The van der Waals surface area contributed by atoms with Crippen LogP contribution in [0.25, 0.3) is 0 Å². The first-order valence-corrected chi connectivity index (χ1v) is 4.83. The van der Waals surface area contributed by atoms with E-state index in [1.54, 1.807) is 14.0 Å². The third kappa shape index (κ3) is 2.68. The maximum Gasteiger partial charge on any atom is 0.216 e. The Balaban J connectivity index is 2.82. The Labute approximate surface area is 89.0 Å². The lowest BCUT2D eigenvalue weighted by atomic mass is 9.95. The second-order valence-electron chi connectivity index (χ2n) is 3.59. The van der Waals surface area contributed by atoms with E-state index in [1.807, 2.05) is 31.2 Å². The van der Waals surface area contributed by atoms with Gasteiger partial charge in [-0.25, -0.2) is 0 Å². The number of hydrogen-bond acceptors (Lipinski definition) is 3. The highest BCUT2D eigenvalue weighted by atomic mass is 16.6. The number of ether oxygens (including phenoxy) is 1. The summed E-state index contributed by atoms with van der Waals surface area (Å²) >= 11 is 0. The molecule has 0 saturated carbocycles. The Bertz CT molecular complexity index is 334. The normalized spacial score (nSPS) is 14.3. The lowest BCUT2D eigenvalue weighted by molar-refractivity contribution is -0.521. The van der Waals surface area contributed by atoms with Crippen LogP contribution in [0.4, 0.5) is 0 Å². The van der Waals surface area contributed by atoms with Crippen LogP contribution >= 0.6 is 0 Å². The Kier molecular flexibility index (Phi) is 3.66. The first kappa shape index (κ1) is 11.5. The Morgan fingerprint density at radius 3 is 2.20 bits per heavy atom. The summed E-state index contributed by atoms with van der Waals surface area (Å²) in [6.45, 7) is 3.48. The second kappa shape index (κ2) is 4.77. The van der Waals surface area contributed by atoms with Gasteiger partial charge in [0.25, 0.3) is 0 Å². The molecule has 0 aromatic heterocycles. The Morgan fingerprint density at radius 1 is 1.27 bits per heavy atom. The molecule has 82 valence electrons. The average molecular weight is 209 g/mol. The van der Waals surface area contributed by atoms with Gasteiger partial charge in [-0.2, -0.15) is 0 Å². The Hall–Kier alpha value is -1.58. The SMILES string of the molecule is COc1ccc(C(C)C(C)[N+](=O)[O-])cc1. The maximum atomic E-state index is 10.6. The van der Waals surface area contributed by atoms with Crippen molar-refractivity contribution in [3.63, 3.8) is 0 Å². The fraction of sp³-hybridized carbons (Fsp3) is 0.455. The maximum absolute atomic E-state index is 10.6. The van der Waals surface area contributed by atoms with E-state index >= 15 is 0 Å². The van der Waals surface area contributed by atoms with Gasteiger partial charge in [-0.3, -0.25) is 10.1 Å². The molecule has 0 spiro atoms. The van der Waals surface area contributed by atoms with Crippen molar-refractivity contribution in [3.05, 3.63) is 39.9 Å². The summed E-state index contributed by atoms with van der Waals surface area (Å²) in [5, 5.41) is 10.6. The van der Waals surface area contributed by atoms with Crippen molar-refractivity contribution in [3.8, 4) is 5.75 Å². The minimum atomic E-state index is -0.571. The van der Waals surface area contributed by atoms with Crippen molar-refractivity contribution in [2.75, 3.05) is 7.11 Å². The van der Waals surface area contributed by atoms with Gasteiger partial charge in [-0.15, -0.1) is 0 Å². The largest absolute Gasteiger partial charge is 0.497 e. The molecule has 2 atom stereocenters. The van der Waals surface area contributed by atoms with E-state index < -0.39 is 6.04 Å². The van der Waals surface area contributed by atoms with Gasteiger partial charge < -0.3 is 4.74 Å². The van der Waals surface area contributed by atoms with Gasteiger partial charge in [0.15, 0.2) is 0 Å². The molecule has 4 heteroatoms. The molecule has 0 fully saturated rings. The number of nitrogens with zero attached hydrogens (tertiary/aromatic N) is 1. The molecule has 0 heterocycles. The summed E-state index contributed by atoms with van der Waals surface area (Å²) in [5.74, 6) is 0.672. The van der Waals surface area contributed by atoms with E-state index in [0.717, 1.165) is 11.3 Å². The van der Waals surface area contributed by atoms with Gasteiger partial charge in [-0.1, -0.05) is 19.1 Å². The van der Waals surface area contributed by atoms with Gasteiger partial charge in [0.05, 0.1) is 7.11 Å². The predicted molar refractivity (Wildman–Crippen MR) is 57.9 cm³/mol. The molecule has 15 heavy (non-hydrogen) atoms. The minimum absolute atomic E-state index is 0.0918. The van der Waals surface area contributed by atoms with E-state index in [1.165, 1.54) is 0 Å². The average Bonchev–Trinajstić information content (AvgIpc) is 2.27. The predicted octanol–water partition coefficient (Wildman–Crippen LogP) is 2.46. The third-order valence-electron chi connectivity index (χ3n) is 2.70. The fourth-order valence-electron chi connectivity index (χ4n) is 1.37. The summed E-state index contributed by atoms with van der Waals surface area (Å²) in [6, 6.07) is 6.79. The molecule has 0 aliphatic rings. The molecular weight excluding hydrogens is 194 g/mol. The molecule has 0 bridgehead atoms. The molecule has 1 aromatic rings. The molecule has 0 radical (unpaired) electrons. The number of rotatable bonds is 4. The van der Waals surface area contributed by atoms with E-state index in [-0.39, 0.29) is 10.8 Å². The molecular formula is C11H15NO3. The number of methoxy groups -OCH3 is 1. The van der Waals surface area contributed by atoms with E-state index in [2.05, 4.69) is 0 Å². The number of nitro groups is 1. The monoisotopic (exact) mass is 209 g/mol. The lowest BCUT2D eigenvalue weighted by Crippen LogP contribution is -2.21. The summed E-state index contributed by atoms with van der Waals surface area (Å²) in [5.41, 5.74) is 0.958. The zero-order valence-electron chi connectivity index (χ0n) is 9.14. The first-order valence-electron chi connectivity index (χ1n) is 4.83. The van der Waals surface area contributed by atoms with Crippen LogP contribution in [0.2, 0.25) is 0 Å². The minimum Gasteiger partial charge on any atom is -0.497 e. The summed E-state index contributed by atoms with van der Waals surface area (Å²) < 4.78 is 5.02. The standard InChI is InChI=1S/C11H15NO3/c1-8(9(2)12(13)14)10-4-6-11(15-3)7-5-10/h4-9H,1-3H3. The highest BCUT2D eigenvalue weighted by molar-refractivity contribution is 5.29. The molecule has 0 aliphatic heterocycles. The van der Waals surface area contributed by atoms with Crippen LogP contribution in [0.5, 0.6) is 5.75 Å². The van der Waals surface area contributed by atoms with Gasteiger partial charge in [0.1, 0.15) is 5.75 Å². The molecule has 0 aliphatic carbocycles.